The highest BCUT2D eigenvalue weighted by atomic mass is 35.5. The molecule has 3 heterocycles. The van der Waals surface area contributed by atoms with Crippen LogP contribution in [0.5, 0.6) is 0 Å². The number of halogens is 1. The van der Waals surface area contributed by atoms with Crippen molar-refractivity contribution in [1.82, 2.24) is 19.5 Å². The van der Waals surface area contributed by atoms with Crippen LogP contribution in [0.15, 0.2) is 12.7 Å². The summed E-state index contributed by atoms with van der Waals surface area (Å²) in [6, 6.07) is 0. The fourth-order valence-electron chi connectivity index (χ4n) is 5.45. The molecule has 6 N–H and O–H groups in total. The predicted molar refractivity (Wildman–Crippen MR) is 178 cm³/mol. The van der Waals surface area contributed by atoms with Crippen molar-refractivity contribution in [3.63, 3.8) is 0 Å². The molecule has 47 heavy (non-hydrogen) atoms. The third-order valence-corrected chi connectivity index (χ3v) is 11.7. The number of fused-ring (bicyclic) bond motifs is 1. The summed E-state index contributed by atoms with van der Waals surface area (Å²) in [7, 11) is -9.78. The van der Waals surface area contributed by atoms with Gasteiger partial charge in [0, 0.05) is 6.61 Å². The molecule has 18 heteroatoms. The summed E-state index contributed by atoms with van der Waals surface area (Å²) in [5, 5.41) is 20.0. The van der Waals surface area contributed by atoms with Crippen LogP contribution in [0.25, 0.3) is 11.2 Å². The molecule has 7 atom stereocenters. The number of nitrogens with two attached hydrogens (primary N) is 1. The van der Waals surface area contributed by atoms with E-state index in [9.17, 15) is 29.1 Å². The maximum Gasteiger partial charge on any atom is 0.479 e. The fraction of sp³-hybridized carbons (Fsp3) is 0.828. The van der Waals surface area contributed by atoms with E-state index in [1.165, 1.54) is 87.9 Å². The number of aromatic nitrogens is 4. The van der Waals surface area contributed by atoms with Gasteiger partial charge in [0.1, 0.15) is 30.2 Å². The largest absolute Gasteiger partial charge is 0.479 e. The molecular formula is C29H52ClN5O10P2. The number of phosphoric acid groups is 1. The molecule has 2 aromatic heterocycles. The first kappa shape index (κ1) is 40.2. The summed E-state index contributed by atoms with van der Waals surface area (Å²) < 4.78 is 46.8. The Morgan fingerprint density at radius 2 is 1.53 bits per heavy atom. The molecule has 1 aliphatic rings. The molecule has 270 valence electrons. The first-order chi connectivity index (χ1) is 22.4. The van der Waals surface area contributed by atoms with Crippen molar-refractivity contribution in [2.24, 2.45) is 0 Å². The highest BCUT2D eigenvalue weighted by molar-refractivity contribution is 7.64. The van der Waals surface area contributed by atoms with E-state index in [1.54, 1.807) is 0 Å². The number of ether oxygens (including phenoxy) is 2. The zero-order valence-corrected chi connectivity index (χ0v) is 29.7. The molecule has 0 bridgehead atoms. The third-order valence-electron chi connectivity index (χ3n) is 8.00. The van der Waals surface area contributed by atoms with Crippen molar-refractivity contribution in [3.8, 4) is 0 Å². The SMILES string of the molecule is CCCCCCCCCCCCCCCCOCC(Cl)CP(=O)(O)OP(=O)(O)OC[C@H]1O[C@@H](n2cnc3c(N)ncnc32)[C@H](O)[C@@H]1O. The second-order valence-corrected chi connectivity index (χ2v) is 16.2. The molecule has 0 aromatic carbocycles. The van der Waals surface area contributed by atoms with E-state index in [-0.39, 0.29) is 23.6 Å². The molecule has 1 fully saturated rings. The van der Waals surface area contributed by atoms with Crippen molar-refractivity contribution in [3.05, 3.63) is 12.7 Å². The summed E-state index contributed by atoms with van der Waals surface area (Å²) in [4.78, 5) is 32.2. The van der Waals surface area contributed by atoms with Crippen molar-refractivity contribution in [2.45, 2.75) is 127 Å². The van der Waals surface area contributed by atoms with Crippen molar-refractivity contribution in [1.29, 1.82) is 0 Å². The molecular weight excluding hydrogens is 676 g/mol. The van der Waals surface area contributed by atoms with E-state index in [1.807, 2.05) is 0 Å². The maximum atomic E-state index is 12.5. The van der Waals surface area contributed by atoms with Gasteiger partial charge < -0.3 is 35.2 Å². The van der Waals surface area contributed by atoms with Crippen molar-refractivity contribution < 1.29 is 47.4 Å². The van der Waals surface area contributed by atoms with Crippen LogP contribution in [-0.4, -0.2) is 89.2 Å². The van der Waals surface area contributed by atoms with Gasteiger partial charge in [-0.3, -0.25) is 13.7 Å². The van der Waals surface area contributed by atoms with Crippen LogP contribution >= 0.6 is 27.0 Å². The lowest BCUT2D eigenvalue weighted by atomic mass is 10.0. The smallest absolute Gasteiger partial charge is 0.387 e. The van der Waals surface area contributed by atoms with Crippen LogP contribution in [0, 0.1) is 0 Å². The molecule has 0 saturated carbocycles. The minimum absolute atomic E-state index is 0.0363. The van der Waals surface area contributed by atoms with Gasteiger partial charge in [0.2, 0.25) is 0 Å². The van der Waals surface area contributed by atoms with Gasteiger partial charge in [0.15, 0.2) is 17.7 Å². The third kappa shape index (κ3) is 13.9. The Bertz CT molecular complexity index is 1290. The number of alkyl halides is 1. The molecule has 3 rings (SSSR count). The summed E-state index contributed by atoms with van der Waals surface area (Å²) >= 11 is 6.14. The minimum Gasteiger partial charge on any atom is -0.387 e. The van der Waals surface area contributed by atoms with Crippen molar-refractivity contribution in [2.75, 3.05) is 31.7 Å². The number of unbranched alkanes of at least 4 members (excludes halogenated alkanes) is 13. The Balaban J connectivity index is 1.26. The molecule has 0 amide bonds. The zero-order valence-electron chi connectivity index (χ0n) is 27.1. The van der Waals surface area contributed by atoms with Crippen LogP contribution in [0.4, 0.5) is 5.82 Å². The first-order valence-electron chi connectivity index (χ1n) is 16.6. The van der Waals surface area contributed by atoms with Gasteiger partial charge in [0.25, 0.3) is 0 Å². The zero-order chi connectivity index (χ0) is 34.3. The molecule has 0 aliphatic carbocycles. The lowest BCUT2D eigenvalue weighted by molar-refractivity contribution is -0.0501. The predicted octanol–water partition coefficient (Wildman–Crippen LogP) is 5.45. The average Bonchev–Trinajstić information content (AvgIpc) is 3.56. The van der Waals surface area contributed by atoms with Crippen LogP contribution < -0.4 is 5.73 Å². The molecule has 15 nitrogen and oxygen atoms in total. The van der Waals surface area contributed by atoms with Crippen LogP contribution in [0.1, 0.15) is 103 Å². The number of rotatable bonds is 25. The molecule has 0 spiro atoms. The van der Waals surface area contributed by atoms with Crippen molar-refractivity contribution >= 4 is 44.0 Å². The van der Waals surface area contributed by atoms with E-state index in [0.717, 1.165) is 19.3 Å². The number of hydrogen-bond acceptors (Lipinski definition) is 12. The topological polar surface area (TPSA) is 222 Å². The lowest BCUT2D eigenvalue weighted by Gasteiger charge is -2.20. The lowest BCUT2D eigenvalue weighted by Crippen LogP contribution is -2.33. The summed E-state index contributed by atoms with van der Waals surface area (Å²) in [5.74, 6) is 0.101. The quantitative estimate of drug-likeness (QED) is 0.0488. The van der Waals surface area contributed by atoms with E-state index >= 15 is 0 Å². The second-order valence-electron chi connectivity index (χ2n) is 12.1. The van der Waals surface area contributed by atoms with Gasteiger partial charge in [-0.15, -0.1) is 11.6 Å². The van der Waals surface area contributed by atoms with Gasteiger partial charge >= 0.3 is 15.4 Å². The normalized spacial score (nSPS) is 23.2. The summed E-state index contributed by atoms with van der Waals surface area (Å²) in [6.45, 7) is 1.90. The van der Waals surface area contributed by atoms with Gasteiger partial charge in [0.05, 0.1) is 31.1 Å². The van der Waals surface area contributed by atoms with Gasteiger partial charge in [-0.25, -0.2) is 23.8 Å². The van der Waals surface area contributed by atoms with Gasteiger partial charge in [-0.05, 0) is 6.42 Å². The van der Waals surface area contributed by atoms with Gasteiger partial charge in [-0.2, -0.15) is 0 Å². The standard InChI is InChI=1S/C29H52ClN5O10P2/c1-2-3-4-5-6-7-8-9-10-11-12-13-14-15-16-42-17-22(30)19-46(38,39)45-47(40,41)43-18-23-25(36)26(37)29(44-23)35-21-34-24-27(31)32-20-33-28(24)35/h20-23,25-26,29,36-37H,2-19H2,1H3,(H,38,39)(H,40,41)(H2,31,32,33)/t22?,23-,25-,26-,29-/m1/s1. The number of phosphoric ester groups is 1. The Hall–Kier alpha value is -1.22. The Kier molecular flexibility index (Phi) is 17.5. The van der Waals surface area contributed by atoms with Crippen LogP contribution in [0.3, 0.4) is 0 Å². The van der Waals surface area contributed by atoms with E-state index in [4.69, 9.17) is 31.3 Å². The molecule has 1 aliphatic heterocycles. The minimum atomic E-state index is -5.10. The van der Waals surface area contributed by atoms with E-state index in [0.29, 0.717) is 6.61 Å². The number of nitrogen functional groups attached to an aromatic ring is 1. The van der Waals surface area contributed by atoms with Crippen LogP contribution in [-0.2, 0) is 27.4 Å². The highest BCUT2D eigenvalue weighted by Gasteiger charge is 2.46. The molecule has 1 saturated heterocycles. The molecule has 0 radical (unpaired) electrons. The number of aliphatic hydroxyl groups excluding tert-OH is 2. The monoisotopic (exact) mass is 727 g/mol. The van der Waals surface area contributed by atoms with Crippen LogP contribution in [0.2, 0.25) is 0 Å². The number of nitrogens with zero attached hydrogens (tertiary/aromatic N) is 4. The van der Waals surface area contributed by atoms with Gasteiger partial charge in [-0.1, -0.05) is 90.4 Å². The Morgan fingerprint density at radius 3 is 2.15 bits per heavy atom. The van der Waals surface area contributed by atoms with E-state index < -0.39 is 58.1 Å². The molecule has 3 unspecified atom stereocenters. The number of aliphatic hydroxyl groups is 2. The summed E-state index contributed by atoms with van der Waals surface area (Å²) in [6.07, 6.45) is 13.7. The highest BCUT2D eigenvalue weighted by Crippen LogP contribution is 2.60. The number of anilines is 1. The number of imidazole rings is 1. The number of hydrogen-bond donors (Lipinski definition) is 5. The maximum absolute atomic E-state index is 12.5. The Labute approximate surface area is 281 Å². The average molecular weight is 728 g/mol. The Morgan fingerprint density at radius 1 is 0.936 bits per heavy atom. The molecule has 2 aromatic rings. The van der Waals surface area contributed by atoms with E-state index in [2.05, 4.69) is 26.2 Å². The summed E-state index contributed by atoms with van der Waals surface area (Å²) in [5.41, 5.74) is 6.26. The second kappa shape index (κ2) is 20.5. The fourth-order valence-corrected chi connectivity index (χ4v) is 8.75. The first-order valence-corrected chi connectivity index (χ1v) is 20.3.